The molecule has 4 unspecified atom stereocenters. The van der Waals surface area contributed by atoms with Crippen LogP contribution in [0.25, 0.3) is 10.4 Å². The molecular formula is C14H24N4O4. The summed E-state index contributed by atoms with van der Waals surface area (Å²) in [6.07, 6.45) is 0.701. The van der Waals surface area contributed by atoms with Crippen LogP contribution in [0.1, 0.15) is 40.5 Å². The summed E-state index contributed by atoms with van der Waals surface area (Å²) in [7, 11) is 0. The van der Waals surface area contributed by atoms with Crippen LogP contribution >= 0.6 is 0 Å². The Morgan fingerprint density at radius 3 is 2.59 bits per heavy atom. The summed E-state index contributed by atoms with van der Waals surface area (Å²) in [4.78, 5) is 25.8. The van der Waals surface area contributed by atoms with Crippen molar-refractivity contribution in [2.45, 2.75) is 52.2 Å². The third-order valence-electron chi connectivity index (χ3n) is 3.67. The molecule has 1 amide bonds. The maximum Gasteiger partial charge on any atom is 0.407 e. The Labute approximate surface area is 129 Å². The smallest absolute Gasteiger partial charge is 0.407 e. The van der Waals surface area contributed by atoms with Gasteiger partial charge >= 0.3 is 12.1 Å². The molecule has 1 saturated carbocycles. The van der Waals surface area contributed by atoms with Crippen LogP contribution in [0.2, 0.25) is 0 Å². The normalized spacial score (nSPS) is 22.9. The number of rotatable bonds is 7. The van der Waals surface area contributed by atoms with Gasteiger partial charge < -0.3 is 15.2 Å². The molecule has 2 N–H and O–H groups in total. The summed E-state index contributed by atoms with van der Waals surface area (Å²) < 4.78 is 5.13. The Hall–Kier alpha value is -1.95. The minimum Gasteiger partial charge on any atom is -0.481 e. The fourth-order valence-corrected chi connectivity index (χ4v) is 2.40. The van der Waals surface area contributed by atoms with Gasteiger partial charge in [-0.15, -0.1) is 0 Å². The van der Waals surface area contributed by atoms with E-state index in [1.807, 2.05) is 0 Å². The Morgan fingerprint density at radius 1 is 1.45 bits per heavy atom. The van der Waals surface area contributed by atoms with Gasteiger partial charge in [-0.2, -0.15) is 0 Å². The first-order valence-corrected chi connectivity index (χ1v) is 7.37. The van der Waals surface area contributed by atoms with E-state index < -0.39 is 29.6 Å². The van der Waals surface area contributed by atoms with Crippen LogP contribution in [0.5, 0.6) is 0 Å². The Morgan fingerprint density at radius 2 is 2.09 bits per heavy atom. The molecule has 0 bridgehead atoms. The van der Waals surface area contributed by atoms with Gasteiger partial charge in [0.25, 0.3) is 0 Å². The number of hydrogen-bond acceptors (Lipinski definition) is 4. The van der Waals surface area contributed by atoms with E-state index in [2.05, 4.69) is 15.3 Å². The average Bonchev–Trinajstić information content (AvgIpc) is 3.08. The molecule has 0 spiro atoms. The van der Waals surface area contributed by atoms with Gasteiger partial charge in [0.2, 0.25) is 0 Å². The number of carbonyl (C=O) groups excluding carboxylic acids is 1. The fourth-order valence-electron chi connectivity index (χ4n) is 2.40. The highest BCUT2D eigenvalue weighted by Gasteiger charge is 2.41. The molecule has 1 fully saturated rings. The number of ether oxygens (including phenoxy) is 1. The quantitative estimate of drug-likeness (QED) is 0.426. The summed E-state index contributed by atoms with van der Waals surface area (Å²) >= 11 is 0. The predicted molar refractivity (Wildman–Crippen MR) is 80.2 cm³/mol. The molecule has 22 heavy (non-hydrogen) atoms. The van der Waals surface area contributed by atoms with E-state index in [0.29, 0.717) is 13.0 Å². The summed E-state index contributed by atoms with van der Waals surface area (Å²) in [5, 5.41) is 15.5. The van der Waals surface area contributed by atoms with Crippen LogP contribution in [-0.4, -0.2) is 35.4 Å². The van der Waals surface area contributed by atoms with Gasteiger partial charge in [0.1, 0.15) is 5.60 Å². The van der Waals surface area contributed by atoms with E-state index in [4.69, 9.17) is 10.3 Å². The minimum absolute atomic E-state index is 0.231. The van der Waals surface area contributed by atoms with Crippen LogP contribution in [-0.2, 0) is 9.53 Å². The summed E-state index contributed by atoms with van der Waals surface area (Å²) in [6.45, 7) is 7.30. The Balaban J connectivity index is 2.51. The molecule has 0 aliphatic heterocycles. The van der Waals surface area contributed by atoms with E-state index in [0.717, 1.165) is 6.42 Å². The lowest BCUT2D eigenvalue weighted by Gasteiger charge is -2.25. The van der Waals surface area contributed by atoms with Crippen molar-refractivity contribution in [2.24, 2.45) is 22.9 Å². The van der Waals surface area contributed by atoms with Gasteiger partial charge in [0.05, 0.1) is 5.92 Å². The molecule has 0 radical (unpaired) electrons. The van der Waals surface area contributed by atoms with Gasteiger partial charge in [0.15, 0.2) is 0 Å². The summed E-state index contributed by atoms with van der Waals surface area (Å²) in [6, 6.07) is -0.534. The van der Waals surface area contributed by atoms with E-state index in [1.165, 1.54) is 0 Å². The highest BCUT2D eigenvalue weighted by molar-refractivity contribution is 5.73. The van der Waals surface area contributed by atoms with Crippen molar-refractivity contribution in [1.29, 1.82) is 0 Å². The second-order valence-corrected chi connectivity index (χ2v) is 6.78. The number of carbonyl (C=O) groups is 2. The standard InChI is InChI=1S/C14H24N4O4/c1-8(17-13(21)22-14(2,3)4)11(12(19)20)6-9-5-10(9)7-16-18-15/h8-11H,5-7H2,1-4H3,(H,17,21)(H,19,20). The maximum atomic E-state index is 11.7. The molecule has 0 heterocycles. The molecule has 8 nitrogen and oxygen atoms in total. The average molecular weight is 312 g/mol. The molecule has 124 valence electrons. The molecule has 1 aliphatic rings. The minimum atomic E-state index is -0.946. The van der Waals surface area contributed by atoms with Crippen molar-refractivity contribution in [2.75, 3.05) is 6.54 Å². The molecule has 0 aromatic carbocycles. The number of aliphatic carboxylic acids is 1. The lowest BCUT2D eigenvalue weighted by molar-refractivity contribution is -0.143. The number of nitrogens with one attached hydrogen (secondary N) is 1. The molecule has 0 aromatic rings. The number of azide groups is 1. The number of hydrogen-bond donors (Lipinski definition) is 2. The van der Waals surface area contributed by atoms with Crippen molar-refractivity contribution in [3.63, 3.8) is 0 Å². The molecule has 1 rings (SSSR count). The lowest BCUT2D eigenvalue weighted by Crippen LogP contribution is -2.43. The number of carboxylic acids is 1. The zero-order valence-electron chi connectivity index (χ0n) is 13.4. The van der Waals surface area contributed by atoms with Crippen LogP contribution in [0.4, 0.5) is 4.79 Å². The number of alkyl carbamates (subject to hydrolysis) is 1. The van der Waals surface area contributed by atoms with Crippen LogP contribution in [0, 0.1) is 17.8 Å². The molecule has 1 aliphatic carbocycles. The van der Waals surface area contributed by atoms with E-state index in [1.54, 1.807) is 27.7 Å². The van der Waals surface area contributed by atoms with Gasteiger partial charge in [-0.3, -0.25) is 4.79 Å². The molecule has 0 aromatic heterocycles. The molecular weight excluding hydrogens is 288 g/mol. The monoisotopic (exact) mass is 312 g/mol. The Kier molecular flexibility index (Phi) is 6.05. The predicted octanol–water partition coefficient (Wildman–Crippen LogP) is 2.94. The van der Waals surface area contributed by atoms with Crippen molar-refractivity contribution >= 4 is 12.1 Å². The highest BCUT2D eigenvalue weighted by Crippen LogP contribution is 2.43. The van der Waals surface area contributed by atoms with E-state index in [-0.39, 0.29) is 11.8 Å². The van der Waals surface area contributed by atoms with E-state index in [9.17, 15) is 14.7 Å². The lowest BCUT2D eigenvalue weighted by atomic mass is 9.94. The largest absolute Gasteiger partial charge is 0.481 e. The molecule has 4 atom stereocenters. The maximum absolute atomic E-state index is 11.7. The van der Waals surface area contributed by atoms with Crippen molar-refractivity contribution in [3.05, 3.63) is 10.4 Å². The van der Waals surface area contributed by atoms with Gasteiger partial charge in [0, 0.05) is 17.5 Å². The third-order valence-corrected chi connectivity index (χ3v) is 3.67. The highest BCUT2D eigenvalue weighted by atomic mass is 16.6. The third kappa shape index (κ3) is 6.22. The van der Waals surface area contributed by atoms with Gasteiger partial charge in [-0.25, -0.2) is 4.79 Å². The van der Waals surface area contributed by atoms with Crippen LogP contribution < -0.4 is 5.32 Å². The van der Waals surface area contributed by atoms with Gasteiger partial charge in [-0.05, 0) is 57.9 Å². The van der Waals surface area contributed by atoms with Crippen molar-refractivity contribution in [1.82, 2.24) is 5.32 Å². The zero-order valence-corrected chi connectivity index (χ0v) is 13.4. The number of nitrogens with zero attached hydrogens (tertiary/aromatic N) is 3. The summed E-state index contributed by atoms with van der Waals surface area (Å²) in [5.41, 5.74) is 7.66. The summed E-state index contributed by atoms with van der Waals surface area (Å²) in [5.74, 6) is -1.15. The van der Waals surface area contributed by atoms with E-state index >= 15 is 0 Å². The van der Waals surface area contributed by atoms with Crippen LogP contribution in [0.15, 0.2) is 5.11 Å². The van der Waals surface area contributed by atoms with Crippen molar-refractivity contribution < 1.29 is 19.4 Å². The fraction of sp³-hybridized carbons (Fsp3) is 0.857. The number of amides is 1. The van der Waals surface area contributed by atoms with Crippen molar-refractivity contribution in [3.8, 4) is 0 Å². The topological polar surface area (TPSA) is 124 Å². The Bertz CT molecular complexity index is 468. The second kappa shape index (κ2) is 7.35. The number of carboxylic acid groups (broad SMARTS) is 1. The van der Waals surface area contributed by atoms with Crippen LogP contribution in [0.3, 0.4) is 0 Å². The first kappa shape index (κ1) is 18.1. The molecule has 8 heteroatoms. The first-order chi connectivity index (χ1) is 10.1. The second-order valence-electron chi connectivity index (χ2n) is 6.78. The SMILES string of the molecule is CC(NC(=O)OC(C)(C)C)C(CC1CC1CN=[N+]=[N-])C(=O)O. The molecule has 0 saturated heterocycles. The zero-order chi connectivity index (χ0) is 16.9. The van der Waals surface area contributed by atoms with Gasteiger partial charge in [-0.1, -0.05) is 5.11 Å². The first-order valence-electron chi connectivity index (χ1n) is 7.37.